The Hall–Kier alpha value is -1.13. The summed E-state index contributed by atoms with van der Waals surface area (Å²) < 4.78 is 14.7. The van der Waals surface area contributed by atoms with Crippen LogP contribution in [0.15, 0.2) is 12.7 Å². The highest BCUT2D eigenvalue weighted by atomic mass is 31.1. The van der Waals surface area contributed by atoms with Gasteiger partial charge in [0.25, 0.3) is 0 Å². The third-order valence-electron chi connectivity index (χ3n) is 0.822. The van der Waals surface area contributed by atoms with Gasteiger partial charge in [0.1, 0.15) is 0 Å². The van der Waals surface area contributed by atoms with Crippen LogP contribution in [-0.2, 0) is 18.7 Å². The van der Waals surface area contributed by atoms with E-state index in [1.807, 2.05) is 0 Å². The summed E-state index contributed by atoms with van der Waals surface area (Å²) in [6.45, 7) is 4.55. The molecule has 0 aliphatic carbocycles. The van der Waals surface area contributed by atoms with Gasteiger partial charge in [-0.15, -0.1) is 0 Å². The predicted molar refractivity (Wildman–Crippen MR) is 52.5 cm³/mol. The lowest BCUT2D eigenvalue weighted by atomic mass is 10.5. The summed E-state index contributed by atoms with van der Waals surface area (Å²) in [4.78, 5) is 19.3. The maximum Gasteiger partial charge on any atom is 0.305 e. The van der Waals surface area contributed by atoms with Gasteiger partial charge in [0.2, 0.25) is 5.91 Å². The Morgan fingerprint density at radius 2 is 2.07 bits per heavy atom. The highest BCUT2D eigenvalue weighted by molar-refractivity contribution is 7.38. The van der Waals surface area contributed by atoms with E-state index in [2.05, 4.69) is 16.8 Å². The van der Waals surface area contributed by atoms with E-state index in [0.29, 0.717) is 0 Å². The fourth-order valence-corrected chi connectivity index (χ4v) is 0.672. The SMILES string of the molecule is C=CC(N)=O.C[PH](=O)OCCC(=O)O. The standard InChI is InChI=1S/C4H9O4P.C3H5NO/c1-9(7)8-3-2-4(5)6;1-2-3(4)5/h9H,2-3H2,1H3,(H,5,6);2H,1H2,(H2,4,5). The van der Waals surface area contributed by atoms with Gasteiger partial charge in [0.05, 0.1) is 13.0 Å². The molecule has 0 aromatic carbocycles. The lowest BCUT2D eigenvalue weighted by Crippen LogP contribution is -2.04. The topological polar surface area (TPSA) is 107 Å². The average molecular weight is 223 g/mol. The highest BCUT2D eigenvalue weighted by Crippen LogP contribution is 2.14. The number of hydrogen-bond donors (Lipinski definition) is 2. The number of carboxylic acid groups (broad SMARTS) is 1. The minimum absolute atomic E-state index is 0.0453. The summed E-state index contributed by atoms with van der Waals surface area (Å²) in [7, 11) is -1.94. The summed E-state index contributed by atoms with van der Waals surface area (Å²) in [6, 6.07) is 0. The van der Waals surface area contributed by atoms with E-state index in [-0.39, 0.29) is 13.0 Å². The predicted octanol–water partition coefficient (Wildman–Crippen LogP) is 0.240. The number of carbonyl (C=O) groups excluding carboxylic acids is 1. The van der Waals surface area contributed by atoms with Crippen LogP contribution in [0.3, 0.4) is 0 Å². The highest BCUT2D eigenvalue weighted by Gasteiger charge is 1.96. The molecular weight excluding hydrogens is 209 g/mol. The molecule has 82 valence electrons. The van der Waals surface area contributed by atoms with Crippen LogP contribution in [-0.4, -0.2) is 30.3 Å². The molecule has 6 nitrogen and oxygen atoms in total. The van der Waals surface area contributed by atoms with Crippen LogP contribution in [0.2, 0.25) is 0 Å². The molecule has 0 aliphatic rings. The van der Waals surface area contributed by atoms with Crippen molar-refractivity contribution in [3.8, 4) is 0 Å². The van der Waals surface area contributed by atoms with Crippen LogP contribution < -0.4 is 5.73 Å². The maximum atomic E-state index is 10.2. The first-order chi connectivity index (χ1) is 6.40. The number of rotatable bonds is 5. The Morgan fingerprint density at radius 3 is 2.29 bits per heavy atom. The van der Waals surface area contributed by atoms with Gasteiger partial charge in [-0.1, -0.05) is 6.58 Å². The van der Waals surface area contributed by atoms with Gasteiger partial charge in [0, 0.05) is 6.66 Å². The zero-order valence-electron chi connectivity index (χ0n) is 7.86. The van der Waals surface area contributed by atoms with Crippen LogP contribution in [0.4, 0.5) is 0 Å². The van der Waals surface area contributed by atoms with Gasteiger partial charge >= 0.3 is 5.97 Å². The molecule has 1 unspecified atom stereocenters. The molecule has 1 amide bonds. The van der Waals surface area contributed by atoms with E-state index in [1.165, 1.54) is 6.66 Å². The second-order valence-corrected chi connectivity index (χ2v) is 3.36. The van der Waals surface area contributed by atoms with E-state index >= 15 is 0 Å². The van der Waals surface area contributed by atoms with Crippen molar-refractivity contribution in [2.75, 3.05) is 13.3 Å². The van der Waals surface area contributed by atoms with Crippen LogP contribution in [0.5, 0.6) is 0 Å². The molecule has 0 spiro atoms. The normalized spacial score (nSPS) is 10.6. The lowest BCUT2D eigenvalue weighted by molar-refractivity contribution is -0.137. The molecule has 0 saturated heterocycles. The van der Waals surface area contributed by atoms with Gasteiger partial charge in [-0.3, -0.25) is 14.2 Å². The van der Waals surface area contributed by atoms with Crippen LogP contribution in [0.25, 0.3) is 0 Å². The molecule has 1 atom stereocenters. The van der Waals surface area contributed by atoms with Gasteiger partial charge in [-0.05, 0) is 6.08 Å². The summed E-state index contributed by atoms with van der Waals surface area (Å²) in [6.07, 6.45) is 0.976. The van der Waals surface area contributed by atoms with Crippen molar-refractivity contribution in [1.82, 2.24) is 0 Å². The Morgan fingerprint density at radius 1 is 1.64 bits per heavy atom. The number of carbonyl (C=O) groups is 2. The summed E-state index contributed by atoms with van der Waals surface area (Å²) in [5.41, 5.74) is 4.53. The molecule has 0 aliphatic heterocycles. The molecule has 0 radical (unpaired) electrons. The zero-order valence-corrected chi connectivity index (χ0v) is 8.86. The number of carboxylic acids is 1. The second kappa shape index (κ2) is 9.95. The Kier molecular flexibility index (Phi) is 10.9. The van der Waals surface area contributed by atoms with Crippen LogP contribution >= 0.6 is 8.03 Å². The van der Waals surface area contributed by atoms with Crippen LogP contribution in [0.1, 0.15) is 6.42 Å². The number of primary amides is 1. The number of amides is 1. The fraction of sp³-hybridized carbons (Fsp3) is 0.429. The van der Waals surface area contributed by atoms with Crippen molar-refractivity contribution < 1.29 is 23.8 Å². The molecule has 14 heavy (non-hydrogen) atoms. The Labute approximate surface area is 82.6 Å². The first-order valence-electron chi connectivity index (χ1n) is 3.67. The summed E-state index contributed by atoms with van der Waals surface area (Å²) >= 11 is 0. The average Bonchev–Trinajstić information content (AvgIpc) is 2.04. The zero-order chi connectivity index (χ0) is 11.6. The number of nitrogens with two attached hydrogens (primary N) is 1. The molecule has 7 heteroatoms. The minimum Gasteiger partial charge on any atom is -0.481 e. The van der Waals surface area contributed by atoms with Crippen molar-refractivity contribution in [2.45, 2.75) is 6.42 Å². The Balaban J connectivity index is 0. The quantitative estimate of drug-likeness (QED) is 0.512. The lowest BCUT2D eigenvalue weighted by Gasteiger charge is -1.94. The Bertz CT molecular complexity index is 214. The third-order valence-corrected chi connectivity index (χ3v) is 1.43. The van der Waals surface area contributed by atoms with Crippen molar-refractivity contribution >= 4 is 19.9 Å². The smallest absolute Gasteiger partial charge is 0.305 e. The molecule has 0 bridgehead atoms. The number of aliphatic carboxylic acids is 1. The molecule has 0 aromatic rings. The van der Waals surface area contributed by atoms with Crippen molar-refractivity contribution in [3.05, 3.63) is 12.7 Å². The molecular formula is C7H14NO5P. The molecule has 0 aromatic heterocycles. The van der Waals surface area contributed by atoms with E-state index in [4.69, 9.17) is 5.11 Å². The maximum absolute atomic E-state index is 10.2. The summed E-state index contributed by atoms with van der Waals surface area (Å²) in [5.74, 6) is -1.41. The molecule has 0 rings (SSSR count). The van der Waals surface area contributed by atoms with E-state index in [0.717, 1.165) is 6.08 Å². The van der Waals surface area contributed by atoms with E-state index in [1.54, 1.807) is 0 Å². The largest absolute Gasteiger partial charge is 0.481 e. The van der Waals surface area contributed by atoms with Gasteiger partial charge < -0.3 is 15.4 Å². The van der Waals surface area contributed by atoms with Crippen LogP contribution in [0, 0.1) is 0 Å². The van der Waals surface area contributed by atoms with Gasteiger partial charge in [-0.2, -0.15) is 0 Å². The second-order valence-electron chi connectivity index (χ2n) is 2.09. The molecule has 3 N–H and O–H groups in total. The van der Waals surface area contributed by atoms with Crippen molar-refractivity contribution in [2.24, 2.45) is 5.73 Å². The van der Waals surface area contributed by atoms with Crippen molar-refractivity contribution in [1.29, 1.82) is 0 Å². The minimum atomic E-state index is -1.94. The van der Waals surface area contributed by atoms with Gasteiger partial charge in [0.15, 0.2) is 8.03 Å². The summed E-state index contributed by atoms with van der Waals surface area (Å²) in [5, 5.41) is 8.06. The first kappa shape index (κ1) is 15.3. The first-order valence-corrected chi connectivity index (χ1v) is 5.48. The fourth-order valence-electron chi connectivity index (χ4n) is 0.282. The monoisotopic (exact) mass is 223 g/mol. The van der Waals surface area contributed by atoms with E-state index < -0.39 is 19.9 Å². The molecule has 0 saturated carbocycles. The van der Waals surface area contributed by atoms with E-state index in [9.17, 15) is 14.2 Å². The number of hydrogen-bond acceptors (Lipinski definition) is 4. The molecule has 0 fully saturated rings. The molecule has 0 heterocycles. The third kappa shape index (κ3) is 22.4. The van der Waals surface area contributed by atoms with Crippen molar-refractivity contribution in [3.63, 3.8) is 0 Å². The van der Waals surface area contributed by atoms with Gasteiger partial charge in [-0.25, -0.2) is 0 Å².